The van der Waals surface area contributed by atoms with Crippen LogP contribution < -0.4 is 16.1 Å². The Bertz CT molecular complexity index is 1010. The largest absolute Gasteiger partial charge is 0.326 e. The molecule has 0 aliphatic rings. The number of nitrogens with zero attached hydrogens (tertiary/aromatic N) is 2. The van der Waals surface area contributed by atoms with E-state index < -0.39 is 16.7 Å². The van der Waals surface area contributed by atoms with E-state index in [9.17, 15) is 24.5 Å². The molecule has 0 aliphatic heterocycles. The van der Waals surface area contributed by atoms with Gasteiger partial charge in [-0.25, -0.2) is 5.43 Å². The summed E-state index contributed by atoms with van der Waals surface area (Å²) in [5.41, 5.74) is 4.49. The number of nitrogens with one attached hydrogen (secondary N) is 3. The zero-order valence-corrected chi connectivity index (χ0v) is 16.7. The van der Waals surface area contributed by atoms with Gasteiger partial charge in [0.25, 0.3) is 11.6 Å². The molecule has 2 rings (SSSR count). The van der Waals surface area contributed by atoms with Crippen molar-refractivity contribution in [2.24, 2.45) is 5.10 Å². The lowest BCUT2D eigenvalue weighted by Crippen LogP contribution is -2.21. The molecule has 0 fully saturated rings. The molecule has 2 aromatic rings. The van der Waals surface area contributed by atoms with Gasteiger partial charge >= 0.3 is 0 Å². The van der Waals surface area contributed by atoms with E-state index in [-0.39, 0.29) is 18.0 Å². The van der Waals surface area contributed by atoms with Crippen LogP contribution in [0.2, 0.25) is 0 Å². The quantitative estimate of drug-likeness (QED) is 0.365. The zero-order chi connectivity index (χ0) is 22.3. The molecule has 3 amide bonds. The van der Waals surface area contributed by atoms with Gasteiger partial charge in [0, 0.05) is 36.0 Å². The van der Waals surface area contributed by atoms with Crippen LogP contribution in [0.5, 0.6) is 0 Å². The molecular weight excluding hydrogens is 390 g/mol. The second kappa shape index (κ2) is 9.92. The molecule has 3 N–H and O–H groups in total. The molecule has 0 bridgehead atoms. The Morgan fingerprint density at radius 2 is 1.70 bits per heavy atom. The summed E-state index contributed by atoms with van der Waals surface area (Å²) in [4.78, 5) is 45.7. The standard InChI is InChI=1S/C20H21N5O5/c1-12-4-9-17(25(29)30)11-18(12)22-19(27)10-13(2)23-24-20(28)15-5-7-16(8-6-15)21-14(3)26/h4-9,11H,10H2,1-3H3,(H,21,26)(H,22,27)(H,24,28). The smallest absolute Gasteiger partial charge is 0.271 e. The average Bonchev–Trinajstić information content (AvgIpc) is 2.67. The van der Waals surface area contributed by atoms with Crippen molar-refractivity contribution in [1.82, 2.24) is 5.43 Å². The van der Waals surface area contributed by atoms with E-state index >= 15 is 0 Å². The Morgan fingerprint density at radius 3 is 2.30 bits per heavy atom. The van der Waals surface area contributed by atoms with Crippen molar-refractivity contribution in [1.29, 1.82) is 0 Å². The number of hydrazone groups is 1. The molecule has 0 aromatic heterocycles. The van der Waals surface area contributed by atoms with E-state index in [4.69, 9.17) is 0 Å². The van der Waals surface area contributed by atoms with Gasteiger partial charge in [-0.3, -0.25) is 24.5 Å². The Hall–Kier alpha value is -4.08. The van der Waals surface area contributed by atoms with Crippen LogP contribution in [0.15, 0.2) is 47.6 Å². The highest BCUT2D eigenvalue weighted by Crippen LogP contribution is 2.22. The van der Waals surface area contributed by atoms with E-state index in [0.717, 1.165) is 0 Å². The fraction of sp³-hybridized carbons (Fsp3) is 0.200. The molecule has 2 aromatic carbocycles. The van der Waals surface area contributed by atoms with Gasteiger partial charge in [0.05, 0.1) is 17.0 Å². The van der Waals surface area contributed by atoms with Crippen molar-refractivity contribution < 1.29 is 19.3 Å². The van der Waals surface area contributed by atoms with E-state index in [1.165, 1.54) is 31.2 Å². The second-order valence-electron chi connectivity index (χ2n) is 6.53. The number of amides is 3. The number of nitro benzene ring substituents is 1. The van der Waals surface area contributed by atoms with Gasteiger partial charge in [0.1, 0.15) is 0 Å². The van der Waals surface area contributed by atoms with Crippen LogP contribution in [-0.2, 0) is 9.59 Å². The number of anilines is 2. The molecule has 0 saturated heterocycles. The minimum atomic E-state index is -0.542. The Kier molecular flexibility index (Phi) is 7.34. The molecular formula is C20H21N5O5. The first kappa shape index (κ1) is 22.2. The zero-order valence-electron chi connectivity index (χ0n) is 16.7. The summed E-state index contributed by atoms with van der Waals surface area (Å²) in [7, 11) is 0. The molecule has 156 valence electrons. The number of carbonyl (C=O) groups excluding carboxylic acids is 3. The van der Waals surface area contributed by atoms with Crippen molar-refractivity contribution in [3.63, 3.8) is 0 Å². The maximum atomic E-state index is 12.2. The second-order valence-corrected chi connectivity index (χ2v) is 6.53. The van der Waals surface area contributed by atoms with E-state index in [0.29, 0.717) is 28.2 Å². The highest BCUT2D eigenvalue weighted by Gasteiger charge is 2.12. The minimum Gasteiger partial charge on any atom is -0.326 e. The fourth-order valence-electron chi connectivity index (χ4n) is 2.44. The number of hydrogen-bond acceptors (Lipinski definition) is 6. The Balaban J connectivity index is 1.94. The normalized spacial score (nSPS) is 10.8. The van der Waals surface area contributed by atoms with E-state index in [1.807, 2.05) is 0 Å². The summed E-state index contributed by atoms with van der Waals surface area (Å²) >= 11 is 0. The third kappa shape index (κ3) is 6.51. The molecule has 0 aliphatic carbocycles. The van der Waals surface area contributed by atoms with Crippen LogP contribution in [0.4, 0.5) is 17.1 Å². The molecule has 0 heterocycles. The van der Waals surface area contributed by atoms with Gasteiger partial charge in [-0.15, -0.1) is 0 Å². The van der Waals surface area contributed by atoms with Gasteiger partial charge in [0.2, 0.25) is 11.8 Å². The van der Waals surface area contributed by atoms with Crippen LogP contribution in [0.25, 0.3) is 0 Å². The summed E-state index contributed by atoms with van der Waals surface area (Å²) in [5.74, 6) is -1.11. The molecule has 10 heteroatoms. The maximum absolute atomic E-state index is 12.2. The summed E-state index contributed by atoms with van der Waals surface area (Å²) in [5, 5.41) is 20.0. The molecule has 30 heavy (non-hydrogen) atoms. The third-order valence-corrected chi connectivity index (χ3v) is 3.94. The lowest BCUT2D eigenvalue weighted by molar-refractivity contribution is -0.384. The van der Waals surface area contributed by atoms with E-state index in [1.54, 1.807) is 32.0 Å². The lowest BCUT2D eigenvalue weighted by Gasteiger charge is -2.08. The predicted molar refractivity (Wildman–Crippen MR) is 112 cm³/mol. The van der Waals surface area contributed by atoms with Crippen LogP contribution in [0.3, 0.4) is 0 Å². The van der Waals surface area contributed by atoms with Crippen molar-refractivity contribution in [2.75, 3.05) is 10.6 Å². The lowest BCUT2D eigenvalue weighted by atomic mass is 10.1. The molecule has 0 spiro atoms. The SMILES string of the molecule is CC(=O)Nc1ccc(C(=O)NN=C(C)CC(=O)Nc2cc([N+](=O)[O-])ccc2C)cc1. The van der Waals surface area contributed by atoms with Crippen LogP contribution in [0, 0.1) is 17.0 Å². The highest BCUT2D eigenvalue weighted by molar-refractivity contribution is 6.06. The van der Waals surface area contributed by atoms with Crippen molar-refractivity contribution in [2.45, 2.75) is 27.2 Å². The van der Waals surface area contributed by atoms with Crippen molar-refractivity contribution in [3.05, 3.63) is 63.7 Å². The highest BCUT2D eigenvalue weighted by atomic mass is 16.6. The van der Waals surface area contributed by atoms with Crippen LogP contribution in [0.1, 0.15) is 36.2 Å². The van der Waals surface area contributed by atoms with Gasteiger partial charge in [-0.05, 0) is 43.7 Å². The van der Waals surface area contributed by atoms with Gasteiger partial charge in [0.15, 0.2) is 0 Å². The molecule has 0 atom stereocenters. The Labute approximate surface area is 172 Å². The minimum absolute atomic E-state index is 0.107. The number of carbonyl (C=O) groups is 3. The van der Waals surface area contributed by atoms with Gasteiger partial charge < -0.3 is 10.6 Å². The molecule has 10 nitrogen and oxygen atoms in total. The van der Waals surface area contributed by atoms with Crippen molar-refractivity contribution in [3.8, 4) is 0 Å². The molecule has 0 unspecified atom stereocenters. The summed E-state index contributed by atoms with van der Waals surface area (Å²) in [6.45, 7) is 4.67. The number of aryl methyl sites for hydroxylation is 1. The van der Waals surface area contributed by atoms with Gasteiger partial charge in [-0.2, -0.15) is 5.10 Å². The van der Waals surface area contributed by atoms with E-state index in [2.05, 4.69) is 21.2 Å². The summed E-state index contributed by atoms with van der Waals surface area (Å²) in [6, 6.07) is 10.4. The number of hydrogen-bond donors (Lipinski definition) is 3. The van der Waals surface area contributed by atoms with Crippen LogP contribution in [-0.4, -0.2) is 28.4 Å². The Morgan fingerprint density at radius 1 is 1.03 bits per heavy atom. The average molecular weight is 411 g/mol. The number of benzene rings is 2. The number of rotatable bonds is 7. The molecule has 0 saturated carbocycles. The first-order valence-electron chi connectivity index (χ1n) is 8.91. The summed E-state index contributed by atoms with van der Waals surface area (Å²) in [6.07, 6.45) is -0.107. The fourth-order valence-corrected chi connectivity index (χ4v) is 2.44. The predicted octanol–water partition coefficient (Wildman–Crippen LogP) is 3.00. The third-order valence-electron chi connectivity index (χ3n) is 3.94. The van der Waals surface area contributed by atoms with Crippen LogP contribution >= 0.6 is 0 Å². The topological polar surface area (TPSA) is 143 Å². The summed E-state index contributed by atoms with van der Waals surface area (Å²) < 4.78 is 0. The number of nitro groups is 1. The van der Waals surface area contributed by atoms with Crippen molar-refractivity contribution >= 4 is 40.5 Å². The van der Waals surface area contributed by atoms with Gasteiger partial charge in [-0.1, -0.05) is 6.07 Å². The molecule has 0 radical (unpaired) electrons. The maximum Gasteiger partial charge on any atom is 0.271 e. The first-order chi connectivity index (χ1) is 14.2. The monoisotopic (exact) mass is 411 g/mol. The number of non-ortho nitro benzene ring substituents is 1. The first-order valence-corrected chi connectivity index (χ1v) is 8.91.